The van der Waals surface area contributed by atoms with E-state index in [2.05, 4.69) is 29.3 Å². The molecule has 0 radical (unpaired) electrons. The Morgan fingerprint density at radius 2 is 1.39 bits per heavy atom. The lowest BCUT2D eigenvalue weighted by molar-refractivity contribution is 0.0994. The fourth-order valence-corrected chi connectivity index (χ4v) is 4.79. The molecule has 5 aromatic rings. The number of aromatic nitrogens is 1. The van der Waals surface area contributed by atoms with Gasteiger partial charge < -0.3 is 4.57 Å². The van der Waals surface area contributed by atoms with Crippen molar-refractivity contribution in [2.24, 2.45) is 12.0 Å². The summed E-state index contributed by atoms with van der Waals surface area (Å²) in [7, 11) is 1.92. The van der Waals surface area contributed by atoms with Gasteiger partial charge in [-0.2, -0.15) is 4.99 Å². The largest absolute Gasteiger partial charge is 0.319 e. The highest BCUT2D eigenvalue weighted by Gasteiger charge is 2.12. The standard InChI is InChI=1S/C26H18N2O2S/c1-28-22-16-15-17-7-5-6-10-21(17)24(22)31-26(28)27-25(30)20-13-11-19(12-14-20)23(29)18-8-3-2-4-9-18/h2-16H,1H3. The van der Waals surface area contributed by atoms with Crippen molar-refractivity contribution in [3.63, 3.8) is 0 Å². The third-order valence-electron chi connectivity index (χ3n) is 5.33. The van der Waals surface area contributed by atoms with Crippen LogP contribution in [0.25, 0.3) is 21.0 Å². The van der Waals surface area contributed by atoms with Crippen LogP contribution in [0.1, 0.15) is 26.3 Å². The molecule has 0 atom stereocenters. The molecule has 4 nitrogen and oxygen atoms in total. The summed E-state index contributed by atoms with van der Waals surface area (Å²) in [5, 5.41) is 2.31. The van der Waals surface area contributed by atoms with Crippen molar-refractivity contribution in [2.45, 2.75) is 0 Å². The second-order valence-corrected chi connectivity index (χ2v) is 8.25. The van der Waals surface area contributed by atoms with Gasteiger partial charge >= 0.3 is 0 Å². The summed E-state index contributed by atoms with van der Waals surface area (Å²) < 4.78 is 3.05. The summed E-state index contributed by atoms with van der Waals surface area (Å²) >= 11 is 1.50. The number of amides is 1. The molecule has 0 aliphatic carbocycles. The van der Waals surface area contributed by atoms with Gasteiger partial charge in [0.15, 0.2) is 10.6 Å². The average Bonchev–Trinajstić information content (AvgIpc) is 3.15. The molecule has 4 aromatic carbocycles. The lowest BCUT2D eigenvalue weighted by Crippen LogP contribution is -2.13. The zero-order chi connectivity index (χ0) is 21.4. The number of rotatable bonds is 3. The fourth-order valence-electron chi connectivity index (χ4n) is 3.64. The minimum absolute atomic E-state index is 0.0701. The Labute approximate surface area is 182 Å². The maximum Gasteiger partial charge on any atom is 0.279 e. The van der Waals surface area contributed by atoms with Gasteiger partial charge in [-0.1, -0.05) is 84.1 Å². The van der Waals surface area contributed by atoms with Crippen molar-refractivity contribution in [1.82, 2.24) is 4.57 Å². The van der Waals surface area contributed by atoms with Gasteiger partial charge in [-0.05, 0) is 23.6 Å². The van der Waals surface area contributed by atoms with E-state index in [1.807, 2.05) is 41.9 Å². The van der Waals surface area contributed by atoms with Gasteiger partial charge in [-0.15, -0.1) is 0 Å². The highest BCUT2D eigenvalue weighted by atomic mass is 32.1. The fraction of sp³-hybridized carbons (Fsp3) is 0.0385. The summed E-state index contributed by atoms with van der Waals surface area (Å²) in [6, 6.07) is 28.1. The predicted octanol–water partition coefficient (Wildman–Crippen LogP) is 5.37. The molecule has 0 saturated carbocycles. The van der Waals surface area contributed by atoms with Crippen molar-refractivity contribution in [3.05, 3.63) is 112 Å². The van der Waals surface area contributed by atoms with Crippen LogP contribution in [-0.2, 0) is 7.05 Å². The van der Waals surface area contributed by atoms with E-state index in [4.69, 9.17) is 0 Å². The summed E-state index contributed by atoms with van der Waals surface area (Å²) in [5.41, 5.74) is 2.66. The first kappa shape index (κ1) is 19.2. The van der Waals surface area contributed by atoms with Crippen LogP contribution >= 0.6 is 11.3 Å². The van der Waals surface area contributed by atoms with Crippen molar-refractivity contribution in [1.29, 1.82) is 0 Å². The lowest BCUT2D eigenvalue weighted by atomic mass is 10.0. The SMILES string of the molecule is Cn1c(=NC(=O)c2ccc(C(=O)c3ccccc3)cc2)sc2c3ccccc3ccc21. The number of carbonyl (C=O) groups excluding carboxylic acids is 2. The molecule has 1 amide bonds. The number of fused-ring (bicyclic) bond motifs is 3. The zero-order valence-electron chi connectivity index (χ0n) is 16.8. The molecule has 0 saturated heterocycles. The van der Waals surface area contributed by atoms with Gasteiger partial charge in [-0.25, -0.2) is 0 Å². The molecule has 0 bridgehead atoms. The molecule has 0 spiro atoms. The van der Waals surface area contributed by atoms with Crippen molar-refractivity contribution in [2.75, 3.05) is 0 Å². The van der Waals surface area contributed by atoms with Gasteiger partial charge in [0.2, 0.25) is 0 Å². The first-order chi connectivity index (χ1) is 15.1. The minimum Gasteiger partial charge on any atom is -0.319 e. The first-order valence-corrected chi connectivity index (χ1v) is 10.7. The molecular weight excluding hydrogens is 404 g/mol. The minimum atomic E-state index is -0.329. The average molecular weight is 423 g/mol. The van der Waals surface area contributed by atoms with Gasteiger partial charge in [0, 0.05) is 29.1 Å². The van der Waals surface area contributed by atoms with E-state index < -0.39 is 0 Å². The number of thiazole rings is 1. The van der Waals surface area contributed by atoms with Crippen LogP contribution in [0.2, 0.25) is 0 Å². The normalized spacial score (nSPS) is 11.8. The topological polar surface area (TPSA) is 51.4 Å². The number of hydrogen-bond acceptors (Lipinski definition) is 3. The number of nitrogens with zero attached hydrogens (tertiary/aromatic N) is 2. The number of aryl methyl sites for hydroxylation is 1. The van der Waals surface area contributed by atoms with Crippen molar-refractivity contribution in [3.8, 4) is 0 Å². The molecule has 5 rings (SSSR count). The Balaban J connectivity index is 1.49. The maximum atomic E-state index is 12.8. The van der Waals surface area contributed by atoms with Crippen LogP contribution in [0, 0.1) is 0 Å². The Bertz CT molecular complexity index is 1510. The monoisotopic (exact) mass is 422 g/mol. The number of carbonyl (C=O) groups is 2. The summed E-state index contributed by atoms with van der Waals surface area (Å²) in [5.74, 6) is -0.399. The molecule has 5 heteroatoms. The molecular formula is C26H18N2O2S. The number of hydrogen-bond donors (Lipinski definition) is 0. The first-order valence-electron chi connectivity index (χ1n) is 9.88. The molecule has 1 heterocycles. The predicted molar refractivity (Wildman–Crippen MR) is 125 cm³/mol. The van der Waals surface area contributed by atoms with Crippen LogP contribution in [0.3, 0.4) is 0 Å². The van der Waals surface area contributed by atoms with E-state index in [1.165, 1.54) is 11.3 Å². The van der Waals surface area contributed by atoms with Gasteiger partial charge in [-0.3, -0.25) is 9.59 Å². The molecule has 31 heavy (non-hydrogen) atoms. The Morgan fingerprint density at radius 3 is 2.16 bits per heavy atom. The summed E-state index contributed by atoms with van der Waals surface area (Å²) in [4.78, 5) is 30.4. The highest BCUT2D eigenvalue weighted by molar-refractivity contribution is 7.17. The summed E-state index contributed by atoms with van der Waals surface area (Å²) in [6.07, 6.45) is 0. The van der Waals surface area contributed by atoms with Gasteiger partial charge in [0.1, 0.15) is 0 Å². The Kier molecular flexibility index (Phi) is 4.81. The van der Waals surface area contributed by atoms with E-state index in [9.17, 15) is 9.59 Å². The zero-order valence-corrected chi connectivity index (χ0v) is 17.6. The molecule has 0 aliphatic heterocycles. The maximum absolute atomic E-state index is 12.8. The van der Waals surface area contributed by atoms with Crippen LogP contribution in [0.5, 0.6) is 0 Å². The van der Waals surface area contributed by atoms with Crippen LogP contribution in [-0.4, -0.2) is 16.3 Å². The third kappa shape index (κ3) is 3.49. The van der Waals surface area contributed by atoms with Gasteiger partial charge in [0.05, 0.1) is 10.2 Å². The summed E-state index contributed by atoms with van der Waals surface area (Å²) in [6.45, 7) is 0. The van der Waals surface area contributed by atoms with Crippen LogP contribution in [0.4, 0.5) is 0 Å². The lowest BCUT2D eigenvalue weighted by Gasteiger charge is -2.02. The molecule has 0 N–H and O–H groups in total. The smallest absolute Gasteiger partial charge is 0.279 e. The van der Waals surface area contributed by atoms with E-state index in [0.29, 0.717) is 21.5 Å². The third-order valence-corrected chi connectivity index (χ3v) is 6.51. The number of benzene rings is 4. The van der Waals surface area contributed by atoms with Crippen molar-refractivity contribution >= 4 is 44.0 Å². The second-order valence-electron chi connectivity index (χ2n) is 7.27. The Morgan fingerprint density at radius 1 is 0.742 bits per heavy atom. The molecule has 0 fully saturated rings. The number of ketones is 1. The van der Waals surface area contributed by atoms with E-state index in [-0.39, 0.29) is 11.7 Å². The van der Waals surface area contributed by atoms with E-state index in [0.717, 1.165) is 21.0 Å². The van der Waals surface area contributed by atoms with Gasteiger partial charge in [0.25, 0.3) is 5.91 Å². The Hall–Kier alpha value is -3.83. The molecule has 150 valence electrons. The van der Waals surface area contributed by atoms with Crippen LogP contribution in [0.15, 0.2) is 96.0 Å². The molecule has 0 unspecified atom stereocenters. The molecule has 0 aliphatic rings. The molecule has 1 aromatic heterocycles. The van der Waals surface area contributed by atoms with E-state index in [1.54, 1.807) is 36.4 Å². The second kappa shape index (κ2) is 7.78. The van der Waals surface area contributed by atoms with E-state index >= 15 is 0 Å². The quantitative estimate of drug-likeness (QED) is 0.367. The highest BCUT2D eigenvalue weighted by Crippen LogP contribution is 2.27. The van der Waals surface area contributed by atoms with Crippen LogP contribution < -0.4 is 4.80 Å². The van der Waals surface area contributed by atoms with Crippen molar-refractivity contribution < 1.29 is 9.59 Å².